The number of carbonyl (C=O) groups excluding carboxylic acids is 1. The normalized spacial score (nSPS) is 17.5. The highest BCUT2D eigenvalue weighted by Gasteiger charge is 2.48. The molecule has 5 heteroatoms. The second-order valence-electron chi connectivity index (χ2n) is 6.54. The molecule has 0 unspecified atom stereocenters. The van der Waals surface area contributed by atoms with Crippen LogP contribution in [-0.2, 0) is 5.41 Å². The average molecular weight is 325 g/mol. The predicted octanol–water partition coefficient (Wildman–Crippen LogP) is 3.61. The van der Waals surface area contributed by atoms with Crippen LogP contribution in [0, 0.1) is 5.82 Å². The Kier molecular flexibility index (Phi) is 3.20. The summed E-state index contributed by atoms with van der Waals surface area (Å²) in [5.41, 5.74) is 1.74. The van der Waals surface area contributed by atoms with Crippen molar-refractivity contribution in [2.75, 3.05) is 11.4 Å². The highest BCUT2D eigenvalue weighted by Crippen LogP contribution is 2.52. The Morgan fingerprint density at radius 1 is 1.12 bits per heavy atom. The van der Waals surface area contributed by atoms with Crippen LogP contribution in [0.3, 0.4) is 0 Å². The van der Waals surface area contributed by atoms with Gasteiger partial charge in [0.05, 0.1) is 11.1 Å². The molecule has 1 spiro atoms. The number of hydrogen-bond acceptors (Lipinski definition) is 2. The highest BCUT2D eigenvalue weighted by atomic mass is 19.1. The second kappa shape index (κ2) is 5.16. The zero-order valence-electron chi connectivity index (χ0n) is 13.0. The van der Waals surface area contributed by atoms with Gasteiger partial charge in [-0.2, -0.15) is 0 Å². The molecule has 122 valence electrons. The fourth-order valence-corrected chi connectivity index (χ4v) is 3.81. The third kappa shape index (κ3) is 2.04. The van der Waals surface area contributed by atoms with E-state index in [9.17, 15) is 14.0 Å². The van der Waals surface area contributed by atoms with E-state index >= 15 is 0 Å². The van der Waals surface area contributed by atoms with E-state index in [0.29, 0.717) is 6.54 Å². The first-order chi connectivity index (χ1) is 11.5. The van der Waals surface area contributed by atoms with Gasteiger partial charge in [-0.1, -0.05) is 24.6 Å². The van der Waals surface area contributed by atoms with Crippen molar-refractivity contribution in [2.45, 2.75) is 24.7 Å². The SMILES string of the molecule is O=C(O)c1ccc(C(=O)N2CC3(CCC3)c3ccccc32)c(F)c1. The summed E-state index contributed by atoms with van der Waals surface area (Å²) < 4.78 is 14.3. The Labute approximate surface area is 138 Å². The van der Waals surface area contributed by atoms with Crippen LogP contribution in [0.1, 0.15) is 45.5 Å². The minimum absolute atomic E-state index is 0.00371. The molecule has 1 aliphatic carbocycles. The summed E-state index contributed by atoms with van der Waals surface area (Å²) in [4.78, 5) is 25.4. The Bertz CT molecular complexity index is 857. The molecular formula is C19H16FNO3. The van der Waals surface area contributed by atoms with Crippen LogP contribution in [0.15, 0.2) is 42.5 Å². The lowest BCUT2D eigenvalue weighted by atomic mass is 9.66. The van der Waals surface area contributed by atoms with Crippen molar-refractivity contribution in [3.05, 3.63) is 65.0 Å². The zero-order valence-corrected chi connectivity index (χ0v) is 13.0. The number of para-hydroxylation sites is 1. The first-order valence-electron chi connectivity index (χ1n) is 7.96. The monoisotopic (exact) mass is 325 g/mol. The van der Waals surface area contributed by atoms with E-state index in [0.717, 1.165) is 36.6 Å². The molecule has 4 nitrogen and oxygen atoms in total. The minimum atomic E-state index is -1.21. The first kappa shape index (κ1) is 14.9. The van der Waals surface area contributed by atoms with Crippen LogP contribution < -0.4 is 4.90 Å². The van der Waals surface area contributed by atoms with E-state index in [2.05, 4.69) is 0 Å². The number of carboxylic acid groups (broad SMARTS) is 1. The number of rotatable bonds is 2. The number of anilines is 1. The number of fused-ring (bicyclic) bond motifs is 2. The van der Waals surface area contributed by atoms with Crippen molar-refractivity contribution >= 4 is 17.6 Å². The molecule has 0 atom stereocenters. The first-order valence-corrected chi connectivity index (χ1v) is 7.96. The summed E-state index contributed by atoms with van der Waals surface area (Å²) in [5.74, 6) is -2.43. The molecule has 1 saturated carbocycles. The maximum absolute atomic E-state index is 14.3. The number of carboxylic acids is 1. The molecule has 0 saturated heterocycles. The van der Waals surface area contributed by atoms with Crippen LogP contribution in [-0.4, -0.2) is 23.5 Å². The molecular weight excluding hydrogens is 309 g/mol. The lowest BCUT2D eigenvalue weighted by Crippen LogP contribution is -2.41. The number of aromatic carboxylic acids is 1. The van der Waals surface area contributed by atoms with Gasteiger partial charge in [0, 0.05) is 17.6 Å². The Hall–Kier alpha value is -2.69. The summed E-state index contributed by atoms with van der Waals surface area (Å²) in [6, 6.07) is 11.2. The van der Waals surface area contributed by atoms with Crippen molar-refractivity contribution in [3.63, 3.8) is 0 Å². The van der Waals surface area contributed by atoms with Crippen molar-refractivity contribution in [1.82, 2.24) is 0 Å². The van der Waals surface area contributed by atoms with Gasteiger partial charge in [0.2, 0.25) is 0 Å². The molecule has 1 amide bonds. The number of nitrogens with zero attached hydrogens (tertiary/aromatic N) is 1. The fourth-order valence-electron chi connectivity index (χ4n) is 3.81. The van der Waals surface area contributed by atoms with Gasteiger partial charge in [0.1, 0.15) is 5.82 Å². The van der Waals surface area contributed by atoms with E-state index in [1.807, 2.05) is 24.3 Å². The second-order valence-corrected chi connectivity index (χ2v) is 6.54. The van der Waals surface area contributed by atoms with Gasteiger partial charge in [-0.3, -0.25) is 4.79 Å². The predicted molar refractivity (Wildman–Crippen MR) is 87.0 cm³/mol. The van der Waals surface area contributed by atoms with Gasteiger partial charge < -0.3 is 10.0 Å². The van der Waals surface area contributed by atoms with Gasteiger partial charge in [-0.25, -0.2) is 9.18 Å². The van der Waals surface area contributed by atoms with Crippen molar-refractivity contribution in [3.8, 4) is 0 Å². The molecule has 0 aromatic heterocycles. The number of amides is 1. The summed E-state index contributed by atoms with van der Waals surface area (Å²) in [6.07, 6.45) is 3.21. The molecule has 1 aliphatic heterocycles. The third-order valence-corrected chi connectivity index (χ3v) is 5.23. The maximum atomic E-state index is 14.3. The van der Waals surface area contributed by atoms with Crippen LogP contribution in [0.2, 0.25) is 0 Å². The topological polar surface area (TPSA) is 57.6 Å². The van der Waals surface area contributed by atoms with Crippen LogP contribution >= 0.6 is 0 Å². The van der Waals surface area contributed by atoms with Gasteiger partial charge >= 0.3 is 5.97 Å². The maximum Gasteiger partial charge on any atom is 0.335 e. The largest absolute Gasteiger partial charge is 0.478 e. The van der Waals surface area contributed by atoms with Gasteiger partial charge in [-0.15, -0.1) is 0 Å². The van der Waals surface area contributed by atoms with E-state index in [-0.39, 0.29) is 16.5 Å². The van der Waals surface area contributed by atoms with Gasteiger partial charge in [0.25, 0.3) is 5.91 Å². The van der Waals surface area contributed by atoms with E-state index < -0.39 is 17.7 Å². The summed E-state index contributed by atoms with van der Waals surface area (Å²) in [5, 5.41) is 8.93. The lowest BCUT2D eigenvalue weighted by Gasteiger charge is -2.39. The molecule has 1 N–H and O–H groups in total. The van der Waals surface area contributed by atoms with Crippen LogP contribution in [0.4, 0.5) is 10.1 Å². The number of hydrogen-bond donors (Lipinski definition) is 1. The summed E-state index contributed by atoms with van der Waals surface area (Å²) in [6.45, 7) is 0.561. The quantitative estimate of drug-likeness (QED) is 0.918. The molecule has 1 fully saturated rings. The van der Waals surface area contributed by atoms with Gasteiger partial charge in [0.15, 0.2) is 0 Å². The minimum Gasteiger partial charge on any atom is -0.478 e. The Morgan fingerprint density at radius 2 is 1.88 bits per heavy atom. The number of halogens is 1. The van der Waals surface area contributed by atoms with Gasteiger partial charge in [-0.05, 0) is 42.7 Å². The van der Waals surface area contributed by atoms with E-state index in [4.69, 9.17) is 5.11 Å². The lowest BCUT2D eigenvalue weighted by molar-refractivity contribution is 0.0695. The van der Waals surface area contributed by atoms with E-state index in [1.54, 1.807) is 4.90 Å². The molecule has 1 heterocycles. The highest BCUT2D eigenvalue weighted by molar-refractivity contribution is 6.08. The smallest absolute Gasteiger partial charge is 0.335 e. The third-order valence-electron chi connectivity index (χ3n) is 5.23. The fraction of sp³-hybridized carbons (Fsp3) is 0.263. The van der Waals surface area contributed by atoms with Crippen molar-refractivity contribution < 1.29 is 19.1 Å². The number of benzene rings is 2. The molecule has 0 radical (unpaired) electrons. The van der Waals surface area contributed by atoms with Crippen LogP contribution in [0.25, 0.3) is 0 Å². The van der Waals surface area contributed by atoms with E-state index in [1.165, 1.54) is 12.1 Å². The standard InChI is InChI=1S/C19H16FNO3/c20-15-10-12(18(23)24)6-7-13(15)17(22)21-11-19(8-3-9-19)14-4-1-2-5-16(14)21/h1-2,4-7,10H,3,8-9,11H2,(H,23,24). The summed E-state index contributed by atoms with van der Waals surface area (Å²) in [7, 11) is 0. The summed E-state index contributed by atoms with van der Waals surface area (Å²) >= 11 is 0. The Balaban J connectivity index is 1.72. The molecule has 4 rings (SSSR count). The Morgan fingerprint density at radius 3 is 2.50 bits per heavy atom. The molecule has 2 aliphatic rings. The van der Waals surface area contributed by atoms with Crippen LogP contribution in [0.5, 0.6) is 0 Å². The number of carbonyl (C=O) groups is 2. The van der Waals surface area contributed by atoms with Crippen molar-refractivity contribution in [1.29, 1.82) is 0 Å². The zero-order chi connectivity index (χ0) is 16.9. The van der Waals surface area contributed by atoms with Crippen molar-refractivity contribution in [2.24, 2.45) is 0 Å². The molecule has 2 aromatic rings. The average Bonchev–Trinajstić information content (AvgIpc) is 2.90. The molecule has 24 heavy (non-hydrogen) atoms. The molecule has 2 aromatic carbocycles. The molecule has 0 bridgehead atoms.